The van der Waals surface area contributed by atoms with E-state index in [1.54, 1.807) is 31.3 Å². The highest BCUT2D eigenvalue weighted by Gasteiger charge is 2.40. The van der Waals surface area contributed by atoms with Crippen molar-refractivity contribution in [2.75, 3.05) is 7.05 Å². The van der Waals surface area contributed by atoms with Gasteiger partial charge in [0.05, 0.1) is 0 Å². The van der Waals surface area contributed by atoms with E-state index < -0.39 is 27.4 Å². The number of sulfonamides is 1. The number of primary amides is 1. The summed E-state index contributed by atoms with van der Waals surface area (Å²) in [5.74, 6) is -1.44. The van der Waals surface area contributed by atoms with Gasteiger partial charge in [0.2, 0.25) is 0 Å². The second kappa shape index (κ2) is 4.01. The minimum atomic E-state index is -3.96. The van der Waals surface area contributed by atoms with Crippen LogP contribution in [0.25, 0.3) is 16.7 Å². The molecule has 2 aromatic rings. The number of rotatable bonds is 1. The highest BCUT2D eigenvalue weighted by atomic mass is 32.2. The molecule has 0 aliphatic carbocycles. The molecule has 0 saturated heterocycles. The monoisotopic (exact) mass is 307 g/mol. The van der Waals surface area contributed by atoms with Crippen LogP contribution in [0.5, 0.6) is 0 Å². The first kappa shape index (κ1) is 13.5. The number of aromatic nitrogens is 1. The second-order valence-electron chi connectivity index (χ2n) is 4.79. The molecule has 0 bridgehead atoms. The zero-order valence-corrected chi connectivity index (χ0v) is 12.2. The molecule has 1 aliphatic heterocycles. The molecule has 0 spiro atoms. The minimum Gasteiger partial charge on any atom is -0.504 e. The molecule has 3 N–H and O–H groups in total. The summed E-state index contributed by atoms with van der Waals surface area (Å²) < 4.78 is 27.6. The number of aryl methyl sites for hydroxylation is 1. The quantitative estimate of drug-likeness (QED) is 0.801. The largest absolute Gasteiger partial charge is 0.504 e. The Bertz CT molecular complexity index is 924. The maximum atomic E-state index is 12.7. The lowest BCUT2D eigenvalue weighted by atomic mass is 10.2. The van der Waals surface area contributed by atoms with E-state index in [1.165, 1.54) is 11.6 Å². The fourth-order valence-corrected chi connectivity index (χ4v) is 4.30. The minimum absolute atomic E-state index is 0.0226. The van der Waals surface area contributed by atoms with Crippen molar-refractivity contribution < 1.29 is 18.3 Å². The van der Waals surface area contributed by atoms with Gasteiger partial charge in [-0.05, 0) is 6.07 Å². The van der Waals surface area contributed by atoms with E-state index >= 15 is 0 Å². The van der Waals surface area contributed by atoms with E-state index in [4.69, 9.17) is 5.73 Å². The van der Waals surface area contributed by atoms with Gasteiger partial charge in [-0.15, -0.1) is 0 Å². The molecule has 1 aliphatic rings. The summed E-state index contributed by atoms with van der Waals surface area (Å²) in [7, 11) is -1.15. The highest BCUT2D eigenvalue weighted by molar-refractivity contribution is 7.89. The topological polar surface area (TPSA) is 106 Å². The number of nitrogens with two attached hydrogens (primary N) is 1. The zero-order valence-electron chi connectivity index (χ0n) is 11.4. The molecular formula is C13H13N3O4S. The normalized spacial score (nSPS) is 17.1. The Balaban J connectivity index is 2.58. The third-order valence-corrected chi connectivity index (χ3v) is 5.51. The third kappa shape index (κ3) is 1.53. The van der Waals surface area contributed by atoms with Crippen molar-refractivity contribution in [2.24, 2.45) is 12.8 Å². The molecule has 0 saturated carbocycles. The summed E-state index contributed by atoms with van der Waals surface area (Å²) in [6.07, 6.45) is 0. The van der Waals surface area contributed by atoms with Crippen molar-refractivity contribution in [1.29, 1.82) is 0 Å². The Morgan fingerprint density at radius 3 is 2.48 bits per heavy atom. The Kier molecular flexibility index (Phi) is 2.58. The number of nitrogens with zero attached hydrogens (tertiary/aromatic N) is 2. The third-order valence-electron chi connectivity index (χ3n) is 3.68. The van der Waals surface area contributed by atoms with Crippen LogP contribution in [0.2, 0.25) is 0 Å². The van der Waals surface area contributed by atoms with E-state index in [2.05, 4.69) is 0 Å². The second-order valence-corrected chi connectivity index (χ2v) is 6.69. The van der Waals surface area contributed by atoms with Crippen LogP contribution in [-0.2, 0) is 21.9 Å². The van der Waals surface area contributed by atoms with Crippen molar-refractivity contribution in [3.8, 4) is 0 Å². The van der Waals surface area contributed by atoms with Crippen molar-refractivity contribution >= 4 is 32.6 Å². The average Bonchev–Trinajstić information content (AvgIpc) is 2.72. The molecule has 1 aromatic heterocycles. The number of carbonyl (C=O) groups is 1. The van der Waals surface area contributed by atoms with Crippen LogP contribution in [0.1, 0.15) is 5.69 Å². The van der Waals surface area contributed by atoms with E-state index in [0.29, 0.717) is 10.9 Å². The first-order valence-electron chi connectivity index (χ1n) is 6.08. The van der Waals surface area contributed by atoms with Gasteiger partial charge in [0.1, 0.15) is 10.6 Å². The number of aliphatic hydroxyl groups is 1. The average molecular weight is 307 g/mol. The number of aliphatic hydroxyl groups excluding tert-OH is 1. The first-order valence-corrected chi connectivity index (χ1v) is 7.52. The summed E-state index contributed by atoms with van der Waals surface area (Å²) in [4.78, 5) is 11.5. The lowest BCUT2D eigenvalue weighted by molar-refractivity contribution is -0.115. The Labute approximate surface area is 120 Å². The van der Waals surface area contributed by atoms with Gasteiger partial charge in [-0.2, -0.15) is 0 Å². The molecule has 21 heavy (non-hydrogen) atoms. The van der Waals surface area contributed by atoms with Crippen LogP contribution in [0.4, 0.5) is 0 Å². The fourth-order valence-electron chi connectivity index (χ4n) is 2.68. The van der Waals surface area contributed by atoms with Crippen LogP contribution in [0.3, 0.4) is 0 Å². The maximum Gasteiger partial charge on any atom is 0.269 e. The van der Waals surface area contributed by atoms with E-state index in [9.17, 15) is 18.3 Å². The molecule has 1 amide bonds. The standard InChI is InChI=1S/C13H13N3O4S/c1-15-8-6-4-3-5-7(8)12-9(15)11(17)10(13(14)18)16(2)21(12,19)20/h3-6,17H,1-2H3,(H2,14,18). The van der Waals surface area contributed by atoms with Crippen molar-refractivity contribution in [3.63, 3.8) is 0 Å². The summed E-state index contributed by atoms with van der Waals surface area (Å²) in [5.41, 5.74) is 5.47. The van der Waals surface area contributed by atoms with Crippen LogP contribution >= 0.6 is 0 Å². The molecule has 3 rings (SSSR count). The summed E-state index contributed by atoms with van der Waals surface area (Å²) in [6, 6.07) is 6.87. The smallest absolute Gasteiger partial charge is 0.269 e. The number of amides is 1. The molecule has 0 fully saturated rings. The predicted molar refractivity (Wildman–Crippen MR) is 76.6 cm³/mol. The number of carbonyl (C=O) groups excluding carboxylic acids is 1. The number of fused-ring (bicyclic) bond motifs is 3. The summed E-state index contributed by atoms with van der Waals surface area (Å²) in [5, 5.41) is 10.8. The zero-order chi connectivity index (χ0) is 15.5. The molecule has 7 nitrogen and oxygen atoms in total. The maximum absolute atomic E-state index is 12.7. The molecule has 0 radical (unpaired) electrons. The molecule has 110 valence electrons. The molecule has 8 heteroatoms. The van der Waals surface area contributed by atoms with Gasteiger partial charge in [-0.1, -0.05) is 18.2 Å². The Hall–Kier alpha value is -2.48. The number of para-hydroxylation sites is 1. The van der Waals surface area contributed by atoms with E-state index in [1.807, 2.05) is 0 Å². The lowest BCUT2D eigenvalue weighted by Gasteiger charge is -2.26. The van der Waals surface area contributed by atoms with Gasteiger partial charge in [0, 0.05) is 25.0 Å². The lowest BCUT2D eigenvalue weighted by Crippen LogP contribution is -2.37. The van der Waals surface area contributed by atoms with Gasteiger partial charge in [0.15, 0.2) is 11.5 Å². The van der Waals surface area contributed by atoms with Crippen LogP contribution in [0.15, 0.2) is 34.9 Å². The summed E-state index contributed by atoms with van der Waals surface area (Å²) in [6.45, 7) is 0. The Morgan fingerprint density at radius 2 is 1.86 bits per heavy atom. The SMILES string of the molecule is CN1C(C(N)=O)=C(O)c2c(c3ccccc3n2C)S1(=O)=O. The van der Waals surface area contributed by atoms with Gasteiger partial charge in [-0.3, -0.25) is 9.10 Å². The first-order chi connectivity index (χ1) is 9.78. The predicted octanol–water partition coefficient (Wildman–Crippen LogP) is 0.524. The van der Waals surface area contributed by atoms with Crippen LogP contribution in [0, 0.1) is 0 Å². The summed E-state index contributed by atoms with van der Waals surface area (Å²) >= 11 is 0. The molecule has 0 atom stereocenters. The van der Waals surface area contributed by atoms with Crippen LogP contribution in [-0.4, -0.2) is 35.4 Å². The van der Waals surface area contributed by atoms with Gasteiger partial charge in [0.25, 0.3) is 15.9 Å². The number of hydrogen-bond donors (Lipinski definition) is 2. The molecule has 2 heterocycles. The van der Waals surface area contributed by atoms with E-state index in [-0.39, 0.29) is 10.6 Å². The van der Waals surface area contributed by atoms with E-state index in [0.717, 1.165) is 4.31 Å². The number of likely N-dealkylation sites (N-methyl/N-ethyl adjacent to an activating group) is 1. The molecule has 1 aromatic carbocycles. The van der Waals surface area contributed by atoms with Crippen molar-refractivity contribution in [1.82, 2.24) is 8.87 Å². The van der Waals surface area contributed by atoms with Gasteiger partial charge < -0.3 is 15.4 Å². The molecule has 0 unspecified atom stereocenters. The Morgan fingerprint density at radius 1 is 1.24 bits per heavy atom. The number of benzene rings is 1. The highest BCUT2D eigenvalue weighted by Crippen LogP contribution is 2.40. The van der Waals surface area contributed by atoms with Crippen LogP contribution < -0.4 is 5.73 Å². The van der Waals surface area contributed by atoms with Gasteiger partial charge >= 0.3 is 0 Å². The van der Waals surface area contributed by atoms with Crippen molar-refractivity contribution in [3.05, 3.63) is 35.7 Å². The fraction of sp³-hybridized carbons (Fsp3) is 0.154. The molecular weight excluding hydrogens is 294 g/mol. The number of hydrogen-bond acceptors (Lipinski definition) is 4. The van der Waals surface area contributed by atoms with Gasteiger partial charge in [-0.25, -0.2) is 8.42 Å². The van der Waals surface area contributed by atoms with Crippen molar-refractivity contribution in [2.45, 2.75) is 4.90 Å².